The summed E-state index contributed by atoms with van der Waals surface area (Å²) >= 11 is 4.94. The molecule has 0 unspecified atom stereocenters. The van der Waals surface area contributed by atoms with E-state index in [4.69, 9.17) is 32.2 Å². The summed E-state index contributed by atoms with van der Waals surface area (Å²) in [7, 11) is 1.54. The first-order chi connectivity index (χ1) is 10.1. The van der Waals surface area contributed by atoms with Crippen molar-refractivity contribution < 1.29 is 19.0 Å². The fraction of sp³-hybridized carbons (Fsp3) is 0.429. The maximum Gasteiger partial charge on any atom is 0.260 e. The second-order valence-corrected chi connectivity index (χ2v) is 4.98. The summed E-state index contributed by atoms with van der Waals surface area (Å²) in [4.78, 5) is 14.0. The minimum atomic E-state index is -0.0713. The van der Waals surface area contributed by atoms with Gasteiger partial charge in [0.2, 0.25) is 0 Å². The monoisotopic (exact) mass is 310 g/mol. The molecule has 1 aromatic rings. The van der Waals surface area contributed by atoms with Crippen LogP contribution in [0.3, 0.4) is 0 Å². The zero-order chi connectivity index (χ0) is 15.2. The first kappa shape index (κ1) is 15.5. The minimum absolute atomic E-state index is 0.0378. The lowest BCUT2D eigenvalue weighted by atomic mass is 10.2. The summed E-state index contributed by atoms with van der Waals surface area (Å²) in [6.07, 6.45) is 0. The first-order valence-electron chi connectivity index (χ1n) is 6.57. The lowest BCUT2D eigenvalue weighted by molar-refractivity contribution is -0.137. The van der Waals surface area contributed by atoms with Gasteiger partial charge >= 0.3 is 0 Å². The van der Waals surface area contributed by atoms with Crippen LogP contribution in [-0.4, -0.2) is 55.8 Å². The van der Waals surface area contributed by atoms with Gasteiger partial charge in [0.15, 0.2) is 6.61 Å². The van der Waals surface area contributed by atoms with E-state index in [1.807, 2.05) is 0 Å². The summed E-state index contributed by atoms with van der Waals surface area (Å²) in [6.45, 7) is 2.29. The van der Waals surface area contributed by atoms with E-state index in [1.54, 1.807) is 30.2 Å². The van der Waals surface area contributed by atoms with Gasteiger partial charge in [-0.2, -0.15) is 0 Å². The van der Waals surface area contributed by atoms with Gasteiger partial charge in [-0.25, -0.2) is 0 Å². The normalized spacial score (nSPS) is 14.6. The molecule has 0 aliphatic carbocycles. The molecule has 1 saturated heterocycles. The molecule has 114 valence electrons. The Morgan fingerprint density at radius 3 is 2.62 bits per heavy atom. The Morgan fingerprint density at radius 2 is 2.00 bits per heavy atom. The summed E-state index contributed by atoms with van der Waals surface area (Å²) in [5, 5.41) is 0. The Labute approximate surface area is 128 Å². The van der Waals surface area contributed by atoms with E-state index in [0.717, 1.165) is 0 Å². The zero-order valence-corrected chi connectivity index (χ0v) is 12.6. The van der Waals surface area contributed by atoms with Crippen molar-refractivity contribution in [2.24, 2.45) is 5.73 Å². The summed E-state index contributed by atoms with van der Waals surface area (Å²) in [5.41, 5.74) is 6.25. The smallest absolute Gasteiger partial charge is 0.260 e. The largest absolute Gasteiger partial charge is 0.497 e. The number of thiocarbonyl (C=S) groups is 1. The van der Waals surface area contributed by atoms with Gasteiger partial charge < -0.3 is 24.8 Å². The van der Waals surface area contributed by atoms with Crippen LogP contribution in [-0.2, 0) is 9.53 Å². The lowest BCUT2D eigenvalue weighted by Crippen LogP contribution is -2.42. The van der Waals surface area contributed by atoms with Crippen molar-refractivity contribution in [3.05, 3.63) is 23.8 Å². The van der Waals surface area contributed by atoms with Gasteiger partial charge in [0.05, 0.1) is 20.3 Å². The van der Waals surface area contributed by atoms with Gasteiger partial charge in [0, 0.05) is 24.7 Å². The molecule has 1 heterocycles. The molecule has 0 bridgehead atoms. The van der Waals surface area contributed by atoms with E-state index in [-0.39, 0.29) is 17.5 Å². The number of benzene rings is 1. The number of amides is 1. The van der Waals surface area contributed by atoms with Crippen LogP contribution in [0.5, 0.6) is 11.5 Å². The predicted molar refractivity (Wildman–Crippen MR) is 81.8 cm³/mol. The molecule has 2 rings (SSSR count). The quantitative estimate of drug-likeness (QED) is 0.802. The Morgan fingerprint density at radius 1 is 1.33 bits per heavy atom. The maximum absolute atomic E-state index is 12.0. The van der Waals surface area contributed by atoms with E-state index < -0.39 is 0 Å². The Hall–Kier alpha value is -1.86. The van der Waals surface area contributed by atoms with Gasteiger partial charge in [-0.3, -0.25) is 4.79 Å². The molecule has 1 amide bonds. The molecule has 2 N–H and O–H groups in total. The number of ether oxygens (including phenoxy) is 3. The summed E-state index contributed by atoms with van der Waals surface area (Å²) < 4.78 is 15.9. The molecule has 1 aromatic carbocycles. The molecule has 21 heavy (non-hydrogen) atoms. The van der Waals surface area contributed by atoms with E-state index in [9.17, 15) is 4.79 Å². The predicted octanol–water partition coefficient (Wildman–Crippen LogP) is 0.567. The number of carbonyl (C=O) groups is 1. The van der Waals surface area contributed by atoms with Gasteiger partial charge in [0.25, 0.3) is 5.91 Å². The van der Waals surface area contributed by atoms with Gasteiger partial charge in [0.1, 0.15) is 16.5 Å². The standard InChI is InChI=1S/C14H18N2O4S/c1-18-11-6-10(14(15)21)7-12(8-11)20-9-13(17)16-2-4-19-5-3-16/h6-8H,2-5,9H2,1H3,(H2,15,21). The third-order valence-electron chi connectivity index (χ3n) is 3.13. The average molecular weight is 310 g/mol. The fourth-order valence-corrected chi connectivity index (χ4v) is 2.08. The lowest BCUT2D eigenvalue weighted by Gasteiger charge is -2.26. The van der Waals surface area contributed by atoms with Crippen LogP contribution in [0.25, 0.3) is 0 Å². The number of morpholine rings is 1. The molecule has 0 saturated carbocycles. The van der Waals surface area contributed by atoms with Crippen LogP contribution in [0, 0.1) is 0 Å². The third kappa shape index (κ3) is 4.30. The SMILES string of the molecule is COc1cc(OCC(=O)N2CCOCC2)cc(C(N)=S)c1. The molecule has 7 heteroatoms. The maximum atomic E-state index is 12.0. The minimum Gasteiger partial charge on any atom is -0.497 e. The van der Waals surface area contributed by atoms with Gasteiger partial charge in [-0.1, -0.05) is 12.2 Å². The molecule has 0 radical (unpaired) electrons. The topological polar surface area (TPSA) is 74.0 Å². The van der Waals surface area contributed by atoms with Crippen molar-refractivity contribution in [1.82, 2.24) is 4.90 Å². The van der Waals surface area contributed by atoms with Crippen LogP contribution in [0.15, 0.2) is 18.2 Å². The summed E-state index contributed by atoms with van der Waals surface area (Å²) in [6, 6.07) is 5.10. The highest BCUT2D eigenvalue weighted by atomic mass is 32.1. The van der Waals surface area contributed by atoms with E-state index in [2.05, 4.69) is 0 Å². The number of methoxy groups -OCH3 is 1. The third-order valence-corrected chi connectivity index (χ3v) is 3.36. The zero-order valence-electron chi connectivity index (χ0n) is 11.8. The second kappa shape index (κ2) is 7.24. The van der Waals surface area contributed by atoms with E-state index in [0.29, 0.717) is 43.4 Å². The number of rotatable bonds is 5. The van der Waals surface area contributed by atoms with Crippen molar-refractivity contribution in [3.8, 4) is 11.5 Å². The van der Waals surface area contributed by atoms with Crippen molar-refractivity contribution >= 4 is 23.1 Å². The summed E-state index contributed by atoms with van der Waals surface area (Å²) in [5.74, 6) is 1.01. The molecule has 6 nitrogen and oxygen atoms in total. The number of hydrogen-bond donors (Lipinski definition) is 1. The molecular formula is C14H18N2O4S. The van der Waals surface area contributed by atoms with E-state index >= 15 is 0 Å². The average Bonchev–Trinajstić information content (AvgIpc) is 2.53. The van der Waals surface area contributed by atoms with Crippen LogP contribution >= 0.6 is 12.2 Å². The van der Waals surface area contributed by atoms with Crippen LogP contribution in [0.4, 0.5) is 0 Å². The molecule has 0 aromatic heterocycles. The highest BCUT2D eigenvalue weighted by molar-refractivity contribution is 7.80. The Bertz CT molecular complexity index is 530. The van der Waals surface area contributed by atoms with Crippen molar-refractivity contribution in [3.63, 3.8) is 0 Å². The van der Waals surface area contributed by atoms with Crippen LogP contribution in [0.2, 0.25) is 0 Å². The molecule has 1 fully saturated rings. The molecule has 1 aliphatic heterocycles. The molecule has 0 spiro atoms. The molecule has 1 aliphatic rings. The van der Waals surface area contributed by atoms with E-state index in [1.165, 1.54) is 0 Å². The Balaban J connectivity index is 2.00. The highest BCUT2D eigenvalue weighted by Gasteiger charge is 2.17. The van der Waals surface area contributed by atoms with Gasteiger partial charge in [-0.05, 0) is 12.1 Å². The fourth-order valence-electron chi connectivity index (χ4n) is 1.96. The van der Waals surface area contributed by atoms with Crippen LogP contribution in [0.1, 0.15) is 5.56 Å². The van der Waals surface area contributed by atoms with Gasteiger partial charge in [-0.15, -0.1) is 0 Å². The van der Waals surface area contributed by atoms with Crippen molar-refractivity contribution in [2.75, 3.05) is 40.0 Å². The molecular weight excluding hydrogens is 292 g/mol. The van der Waals surface area contributed by atoms with Crippen molar-refractivity contribution in [1.29, 1.82) is 0 Å². The number of carbonyl (C=O) groups excluding carboxylic acids is 1. The van der Waals surface area contributed by atoms with Crippen LogP contribution < -0.4 is 15.2 Å². The second-order valence-electron chi connectivity index (χ2n) is 4.54. The number of nitrogens with zero attached hydrogens (tertiary/aromatic N) is 1. The Kier molecular flexibility index (Phi) is 5.35. The molecule has 0 atom stereocenters. The van der Waals surface area contributed by atoms with Crippen molar-refractivity contribution in [2.45, 2.75) is 0 Å². The first-order valence-corrected chi connectivity index (χ1v) is 6.98. The number of nitrogens with two attached hydrogens (primary N) is 1. The highest BCUT2D eigenvalue weighted by Crippen LogP contribution is 2.22. The number of hydrogen-bond acceptors (Lipinski definition) is 5.